The molecule has 2 fully saturated rings. The zero-order valence-corrected chi connectivity index (χ0v) is 11.1. The van der Waals surface area contributed by atoms with Crippen LogP contribution in [0, 0.1) is 11.3 Å². The minimum atomic E-state index is 0.539. The van der Waals surface area contributed by atoms with Crippen molar-refractivity contribution in [2.75, 3.05) is 32.7 Å². The van der Waals surface area contributed by atoms with Crippen molar-refractivity contribution in [3.63, 3.8) is 0 Å². The lowest BCUT2D eigenvalue weighted by Crippen LogP contribution is -2.47. The average molecular weight is 224 g/mol. The van der Waals surface area contributed by atoms with E-state index in [-0.39, 0.29) is 0 Å². The molecule has 0 bridgehead atoms. The Morgan fingerprint density at radius 2 is 2.06 bits per heavy atom. The Hall–Kier alpha value is -0.0800. The second-order valence-electron chi connectivity index (χ2n) is 6.22. The molecule has 2 aliphatic heterocycles. The minimum absolute atomic E-state index is 0.539. The molecule has 0 amide bonds. The molecule has 0 aromatic carbocycles. The van der Waals surface area contributed by atoms with Crippen LogP contribution in [-0.4, -0.2) is 37.6 Å². The molecule has 0 saturated carbocycles. The molecule has 0 aromatic rings. The van der Waals surface area contributed by atoms with Crippen LogP contribution in [0.4, 0.5) is 0 Å². The first-order chi connectivity index (χ1) is 7.72. The van der Waals surface area contributed by atoms with Crippen LogP contribution in [0.15, 0.2) is 0 Å². The van der Waals surface area contributed by atoms with Gasteiger partial charge in [-0.05, 0) is 56.7 Å². The van der Waals surface area contributed by atoms with Crippen LogP contribution in [0.2, 0.25) is 0 Å². The topological polar surface area (TPSA) is 15.3 Å². The summed E-state index contributed by atoms with van der Waals surface area (Å²) in [4.78, 5) is 2.71. The standard InChI is InChI=1S/C14H28N2/c1-3-13-5-9-16(10-6-13)12-14(2)7-4-8-15-11-14/h13,15H,3-12H2,1-2H3. The first-order valence-corrected chi connectivity index (χ1v) is 7.15. The molecule has 94 valence electrons. The molecule has 2 rings (SSSR count). The zero-order valence-electron chi connectivity index (χ0n) is 11.1. The molecule has 2 aliphatic rings. The third-order valence-corrected chi connectivity index (χ3v) is 4.58. The summed E-state index contributed by atoms with van der Waals surface area (Å²) in [5.74, 6) is 1.01. The molecular formula is C14H28N2. The van der Waals surface area contributed by atoms with Crippen molar-refractivity contribution in [2.45, 2.75) is 46.0 Å². The third kappa shape index (κ3) is 3.21. The van der Waals surface area contributed by atoms with Crippen molar-refractivity contribution in [3.8, 4) is 0 Å². The molecule has 2 heteroatoms. The van der Waals surface area contributed by atoms with Gasteiger partial charge in [-0.1, -0.05) is 20.3 Å². The van der Waals surface area contributed by atoms with Gasteiger partial charge in [0.05, 0.1) is 0 Å². The predicted molar refractivity (Wildman–Crippen MR) is 69.7 cm³/mol. The van der Waals surface area contributed by atoms with Gasteiger partial charge in [0.25, 0.3) is 0 Å². The highest BCUT2D eigenvalue weighted by atomic mass is 15.1. The van der Waals surface area contributed by atoms with E-state index in [2.05, 4.69) is 24.1 Å². The van der Waals surface area contributed by atoms with E-state index in [9.17, 15) is 0 Å². The van der Waals surface area contributed by atoms with Gasteiger partial charge >= 0.3 is 0 Å². The monoisotopic (exact) mass is 224 g/mol. The molecule has 0 aromatic heterocycles. The second-order valence-corrected chi connectivity index (χ2v) is 6.22. The number of piperidine rings is 2. The van der Waals surface area contributed by atoms with E-state index in [4.69, 9.17) is 0 Å². The molecule has 2 saturated heterocycles. The van der Waals surface area contributed by atoms with Crippen molar-refractivity contribution < 1.29 is 0 Å². The first kappa shape index (κ1) is 12.4. The number of rotatable bonds is 3. The van der Waals surface area contributed by atoms with Crippen molar-refractivity contribution in [1.29, 1.82) is 0 Å². The van der Waals surface area contributed by atoms with Crippen LogP contribution < -0.4 is 5.32 Å². The average Bonchev–Trinajstić information content (AvgIpc) is 2.30. The lowest BCUT2D eigenvalue weighted by Gasteiger charge is -2.41. The molecule has 16 heavy (non-hydrogen) atoms. The summed E-state index contributed by atoms with van der Waals surface area (Å²) in [6.07, 6.45) is 7.02. The van der Waals surface area contributed by atoms with E-state index in [1.807, 2.05) is 0 Å². The summed E-state index contributed by atoms with van der Waals surface area (Å²) in [5.41, 5.74) is 0.539. The van der Waals surface area contributed by atoms with Crippen LogP contribution in [-0.2, 0) is 0 Å². The van der Waals surface area contributed by atoms with Gasteiger partial charge in [-0.2, -0.15) is 0 Å². The Morgan fingerprint density at radius 3 is 2.62 bits per heavy atom. The lowest BCUT2D eigenvalue weighted by atomic mass is 9.81. The fourth-order valence-electron chi connectivity index (χ4n) is 3.35. The van der Waals surface area contributed by atoms with E-state index in [1.165, 1.54) is 64.8 Å². The van der Waals surface area contributed by atoms with Gasteiger partial charge in [0.15, 0.2) is 0 Å². The normalized spacial score (nSPS) is 34.1. The smallest absolute Gasteiger partial charge is 0.00475 e. The van der Waals surface area contributed by atoms with Crippen molar-refractivity contribution in [3.05, 3.63) is 0 Å². The Balaban J connectivity index is 1.77. The Bertz CT molecular complexity index is 201. The van der Waals surface area contributed by atoms with E-state index >= 15 is 0 Å². The highest BCUT2D eigenvalue weighted by Crippen LogP contribution is 2.29. The molecule has 2 heterocycles. The van der Waals surface area contributed by atoms with Gasteiger partial charge in [-0.25, -0.2) is 0 Å². The van der Waals surface area contributed by atoms with Gasteiger partial charge in [0, 0.05) is 13.1 Å². The molecule has 0 aliphatic carbocycles. The highest BCUT2D eigenvalue weighted by molar-refractivity contribution is 4.85. The number of hydrogen-bond donors (Lipinski definition) is 1. The molecule has 0 spiro atoms. The molecule has 0 radical (unpaired) electrons. The van der Waals surface area contributed by atoms with Crippen LogP contribution in [0.3, 0.4) is 0 Å². The zero-order chi connectivity index (χ0) is 11.4. The van der Waals surface area contributed by atoms with Crippen molar-refractivity contribution in [2.24, 2.45) is 11.3 Å². The number of hydrogen-bond acceptors (Lipinski definition) is 2. The maximum Gasteiger partial charge on any atom is 0.00475 e. The maximum absolute atomic E-state index is 3.56. The van der Waals surface area contributed by atoms with E-state index in [1.54, 1.807) is 0 Å². The summed E-state index contributed by atoms with van der Waals surface area (Å²) in [7, 11) is 0. The summed E-state index contributed by atoms with van der Waals surface area (Å²) < 4.78 is 0. The molecule has 2 nitrogen and oxygen atoms in total. The molecule has 1 atom stereocenters. The molecule has 1 unspecified atom stereocenters. The Kier molecular flexibility index (Phi) is 4.26. The first-order valence-electron chi connectivity index (χ1n) is 7.15. The van der Waals surface area contributed by atoms with E-state index in [0.29, 0.717) is 5.41 Å². The fraction of sp³-hybridized carbons (Fsp3) is 1.00. The Morgan fingerprint density at radius 1 is 1.31 bits per heavy atom. The van der Waals surface area contributed by atoms with E-state index in [0.717, 1.165) is 5.92 Å². The molecule has 1 N–H and O–H groups in total. The predicted octanol–water partition coefficient (Wildman–Crippen LogP) is 2.50. The van der Waals surface area contributed by atoms with Crippen molar-refractivity contribution >= 4 is 0 Å². The largest absolute Gasteiger partial charge is 0.316 e. The SMILES string of the molecule is CCC1CCN(CC2(C)CCCNC2)CC1. The van der Waals surface area contributed by atoms with Gasteiger partial charge in [0.2, 0.25) is 0 Å². The van der Waals surface area contributed by atoms with Crippen LogP contribution in [0.25, 0.3) is 0 Å². The highest BCUT2D eigenvalue weighted by Gasteiger charge is 2.30. The summed E-state index contributed by atoms with van der Waals surface area (Å²) in [5, 5.41) is 3.56. The summed E-state index contributed by atoms with van der Waals surface area (Å²) in [6.45, 7) is 11.3. The quantitative estimate of drug-likeness (QED) is 0.792. The van der Waals surface area contributed by atoms with Gasteiger partial charge in [-0.3, -0.25) is 0 Å². The minimum Gasteiger partial charge on any atom is -0.316 e. The fourth-order valence-corrected chi connectivity index (χ4v) is 3.35. The van der Waals surface area contributed by atoms with Gasteiger partial charge < -0.3 is 10.2 Å². The van der Waals surface area contributed by atoms with Crippen LogP contribution in [0.5, 0.6) is 0 Å². The number of likely N-dealkylation sites (tertiary alicyclic amines) is 1. The molecular weight excluding hydrogens is 196 g/mol. The van der Waals surface area contributed by atoms with Crippen molar-refractivity contribution in [1.82, 2.24) is 10.2 Å². The van der Waals surface area contributed by atoms with Crippen LogP contribution >= 0.6 is 0 Å². The number of nitrogens with one attached hydrogen (secondary N) is 1. The third-order valence-electron chi connectivity index (χ3n) is 4.58. The Labute approximate surface area is 101 Å². The lowest BCUT2D eigenvalue weighted by molar-refractivity contribution is 0.0994. The second kappa shape index (κ2) is 5.50. The number of nitrogens with zero attached hydrogens (tertiary/aromatic N) is 1. The summed E-state index contributed by atoms with van der Waals surface area (Å²) >= 11 is 0. The summed E-state index contributed by atoms with van der Waals surface area (Å²) in [6, 6.07) is 0. The van der Waals surface area contributed by atoms with Gasteiger partial charge in [-0.15, -0.1) is 0 Å². The maximum atomic E-state index is 3.56. The van der Waals surface area contributed by atoms with Gasteiger partial charge in [0.1, 0.15) is 0 Å². The van der Waals surface area contributed by atoms with E-state index < -0.39 is 0 Å². The van der Waals surface area contributed by atoms with Crippen LogP contribution in [0.1, 0.15) is 46.0 Å².